The highest BCUT2D eigenvalue weighted by Crippen LogP contribution is 2.38. The molecular formula is C22H30N4O. The zero-order chi connectivity index (χ0) is 18.4. The molecule has 0 radical (unpaired) electrons. The predicted molar refractivity (Wildman–Crippen MR) is 108 cm³/mol. The van der Waals surface area contributed by atoms with Gasteiger partial charge in [-0.15, -0.1) is 0 Å². The Morgan fingerprint density at radius 1 is 1.22 bits per heavy atom. The number of piperidine rings is 3. The summed E-state index contributed by atoms with van der Waals surface area (Å²) in [5.41, 5.74) is 1.90. The number of carbonyl (C=O) groups is 1. The van der Waals surface area contributed by atoms with Crippen LogP contribution in [0.5, 0.6) is 0 Å². The number of nitrogens with zero attached hydrogens (tertiary/aromatic N) is 2. The topological polar surface area (TPSA) is 49.3 Å². The van der Waals surface area contributed by atoms with E-state index in [0.717, 1.165) is 35.5 Å². The molecule has 1 amide bonds. The molecule has 0 unspecified atom stereocenters. The number of benzene rings is 1. The summed E-state index contributed by atoms with van der Waals surface area (Å²) in [5.74, 6) is 1.52. The van der Waals surface area contributed by atoms with Gasteiger partial charge in [-0.05, 0) is 56.8 Å². The van der Waals surface area contributed by atoms with Gasteiger partial charge in [-0.3, -0.25) is 9.69 Å². The zero-order valence-electron chi connectivity index (χ0n) is 16.2. The highest BCUT2D eigenvalue weighted by molar-refractivity contribution is 6.06. The van der Waals surface area contributed by atoms with Gasteiger partial charge in [0.1, 0.15) is 0 Å². The van der Waals surface area contributed by atoms with E-state index < -0.39 is 0 Å². The molecule has 2 bridgehead atoms. The van der Waals surface area contributed by atoms with Crippen molar-refractivity contribution in [1.29, 1.82) is 0 Å². The van der Waals surface area contributed by atoms with Crippen LogP contribution < -0.4 is 10.6 Å². The summed E-state index contributed by atoms with van der Waals surface area (Å²) in [6.07, 6.45) is 7.27. The highest BCUT2D eigenvalue weighted by atomic mass is 16.1. The van der Waals surface area contributed by atoms with Crippen molar-refractivity contribution in [3.8, 4) is 0 Å². The van der Waals surface area contributed by atoms with Gasteiger partial charge in [0.2, 0.25) is 0 Å². The van der Waals surface area contributed by atoms with Crippen molar-refractivity contribution in [3.05, 3.63) is 36.0 Å². The van der Waals surface area contributed by atoms with Crippen molar-refractivity contribution < 1.29 is 4.79 Å². The van der Waals surface area contributed by atoms with Crippen molar-refractivity contribution in [1.82, 2.24) is 20.1 Å². The lowest BCUT2D eigenvalue weighted by molar-refractivity contribution is -0.0371. The molecule has 0 saturated carbocycles. The van der Waals surface area contributed by atoms with Crippen LogP contribution in [0.25, 0.3) is 10.9 Å². The van der Waals surface area contributed by atoms with E-state index in [1.807, 2.05) is 36.0 Å². The molecular weight excluding hydrogens is 336 g/mol. The molecule has 2 N–H and O–H groups in total. The van der Waals surface area contributed by atoms with Crippen LogP contribution in [-0.4, -0.2) is 53.6 Å². The van der Waals surface area contributed by atoms with Gasteiger partial charge in [0.05, 0.1) is 5.56 Å². The number of aryl methyl sites for hydroxylation is 1. The molecule has 3 aliphatic rings. The fourth-order valence-corrected chi connectivity index (χ4v) is 5.86. The highest BCUT2D eigenvalue weighted by Gasteiger charge is 2.45. The summed E-state index contributed by atoms with van der Waals surface area (Å²) in [7, 11) is 2.01. The standard InChI is InChI=1S/C22H30N4O/c1-25-14-18(17-6-2-3-8-20(17)25)22(27)24-13-21-16-10-15(11-23-12-16)19-7-4-5-9-26(19)21/h2-3,6,8,14-16,19,21,23H,4-5,7,9-13H2,1H3,(H,24,27)/t15-,16+,19+,21+/m1/s1. The Morgan fingerprint density at radius 2 is 2.07 bits per heavy atom. The first-order valence-corrected chi connectivity index (χ1v) is 10.5. The van der Waals surface area contributed by atoms with Gasteiger partial charge in [0, 0.05) is 42.8 Å². The summed E-state index contributed by atoms with van der Waals surface area (Å²) >= 11 is 0. The second-order valence-electron chi connectivity index (χ2n) is 8.66. The normalized spacial score (nSPS) is 30.9. The minimum Gasteiger partial charge on any atom is -0.350 e. The largest absolute Gasteiger partial charge is 0.350 e. The zero-order valence-corrected chi connectivity index (χ0v) is 16.2. The molecule has 3 aliphatic heterocycles. The fraction of sp³-hybridized carbons (Fsp3) is 0.591. The molecule has 0 aliphatic carbocycles. The van der Waals surface area contributed by atoms with Gasteiger partial charge < -0.3 is 15.2 Å². The Labute approximate surface area is 161 Å². The van der Waals surface area contributed by atoms with E-state index in [2.05, 4.69) is 21.6 Å². The molecule has 4 atom stereocenters. The van der Waals surface area contributed by atoms with Crippen LogP contribution >= 0.6 is 0 Å². The smallest absolute Gasteiger partial charge is 0.253 e. The molecule has 1 aromatic carbocycles. The van der Waals surface area contributed by atoms with Gasteiger partial charge in [0.15, 0.2) is 0 Å². The molecule has 5 heteroatoms. The maximum absolute atomic E-state index is 13.0. The van der Waals surface area contributed by atoms with Crippen LogP contribution in [-0.2, 0) is 7.05 Å². The van der Waals surface area contributed by atoms with E-state index in [9.17, 15) is 4.79 Å². The molecule has 3 fully saturated rings. The van der Waals surface area contributed by atoms with E-state index >= 15 is 0 Å². The second kappa shape index (κ2) is 6.95. The molecule has 2 aromatic rings. The predicted octanol–water partition coefficient (Wildman–Crippen LogP) is 2.37. The summed E-state index contributed by atoms with van der Waals surface area (Å²) in [5, 5.41) is 7.98. The summed E-state index contributed by atoms with van der Waals surface area (Å²) in [6.45, 7) is 4.23. The summed E-state index contributed by atoms with van der Waals surface area (Å²) < 4.78 is 2.04. The number of nitrogens with one attached hydrogen (secondary N) is 2. The average Bonchev–Trinajstić information content (AvgIpc) is 3.05. The number of aromatic nitrogens is 1. The summed E-state index contributed by atoms with van der Waals surface area (Å²) in [4.78, 5) is 15.7. The maximum Gasteiger partial charge on any atom is 0.253 e. The van der Waals surface area contributed by atoms with Crippen molar-refractivity contribution in [2.24, 2.45) is 18.9 Å². The van der Waals surface area contributed by atoms with Crippen LogP contribution in [0.3, 0.4) is 0 Å². The minimum absolute atomic E-state index is 0.0613. The molecule has 4 heterocycles. The van der Waals surface area contributed by atoms with E-state index in [1.54, 1.807) is 0 Å². The average molecular weight is 367 g/mol. The van der Waals surface area contributed by atoms with Crippen LogP contribution in [0, 0.1) is 11.8 Å². The molecule has 1 aromatic heterocycles. The second-order valence-corrected chi connectivity index (χ2v) is 8.66. The first kappa shape index (κ1) is 17.3. The third kappa shape index (κ3) is 2.97. The molecule has 0 spiro atoms. The lowest BCUT2D eigenvalue weighted by atomic mass is 9.73. The van der Waals surface area contributed by atoms with Crippen LogP contribution in [0.2, 0.25) is 0 Å². The number of para-hydroxylation sites is 1. The Balaban J connectivity index is 1.34. The number of fused-ring (bicyclic) bond motifs is 5. The Morgan fingerprint density at radius 3 is 3.00 bits per heavy atom. The Kier molecular flexibility index (Phi) is 4.44. The number of amides is 1. The minimum atomic E-state index is 0.0613. The van der Waals surface area contributed by atoms with E-state index in [1.165, 1.54) is 38.8 Å². The van der Waals surface area contributed by atoms with Crippen molar-refractivity contribution in [2.75, 3.05) is 26.2 Å². The molecule has 27 heavy (non-hydrogen) atoms. The lowest BCUT2D eigenvalue weighted by Gasteiger charge is -2.55. The first-order chi connectivity index (χ1) is 13.2. The van der Waals surface area contributed by atoms with Gasteiger partial charge in [0.25, 0.3) is 5.91 Å². The molecule has 144 valence electrons. The Bertz CT molecular complexity index is 844. The molecule has 3 saturated heterocycles. The summed E-state index contributed by atoms with van der Waals surface area (Å²) in [6, 6.07) is 9.32. The number of carbonyl (C=O) groups excluding carboxylic acids is 1. The van der Waals surface area contributed by atoms with Gasteiger partial charge >= 0.3 is 0 Å². The maximum atomic E-state index is 13.0. The van der Waals surface area contributed by atoms with Crippen LogP contribution in [0.4, 0.5) is 0 Å². The van der Waals surface area contributed by atoms with Crippen molar-refractivity contribution >= 4 is 16.8 Å². The quantitative estimate of drug-likeness (QED) is 0.877. The van der Waals surface area contributed by atoms with Crippen LogP contribution in [0.1, 0.15) is 36.0 Å². The molecule has 5 nitrogen and oxygen atoms in total. The van der Waals surface area contributed by atoms with E-state index in [4.69, 9.17) is 0 Å². The number of hydrogen-bond donors (Lipinski definition) is 2. The van der Waals surface area contributed by atoms with Gasteiger partial charge in [-0.2, -0.15) is 0 Å². The SMILES string of the molecule is Cn1cc(C(=O)NC[C@H]2[C@@H]3CNC[C@@H](C3)[C@@H]3CCCCN32)c2ccccc21. The van der Waals surface area contributed by atoms with Gasteiger partial charge in [-0.1, -0.05) is 24.6 Å². The first-order valence-electron chi connectivity index (χ1n) is 10.5. The van der Waals surface area contributed by atoms with Crippen molar-refractivity contribution in [3.63, 3.8) is 0 Å². The monoisotopic (exact) mass is 366 g/mol. The third-order valence-corrected chi connectivity index (χ3v) is 7.14. The number of hydrogen-bond acceptors (Lipinski definition) is 3. The number of rotatable bonds is 3. The van der Waals surface area contributed by atoms with Gasteiger partial charge in [-0.25, -0.2) is 0 Å². The third-order valence-electron chi connectivity index (χ3n) is 7.14. The van der Waals surface area contributed by atoms with E-state index in [-0.39, 0.29) is 5.91 Å². The fourth-order valence-electron chi connectivity index (χ4n) is 5.86. The van der Waals surface area contributed by atoms with Crippen LogP contribution in [0.15, 0.2) is 30.5 Å². The lowest BCUT2D eigenvalue weighted by Crippen LogP contribution is -2.65. The Hall–Kier alpha value is -1.85. The van der Waals surface area contributed by atoms with E-state index in [0.29, 0.717) is 18.0 Å². The van der Waals surface area contributed by atoms with Crippen molar-refractivity contribution in [2.45, 2.75) is 37.8 Å². The molecule has 5 rings (SSSR count).